The average molecular weight is 1840 g/mol. The Morgan fingerprint density at radius 3 is 2.33 bits per heavy atom. The number of sulfonamides is 1. The number of rotatable bonds is 29. The van der Waals surface area contributed by atoms with Crippen LogP contribution in [0.1, 0.15) is 157 Å². The summed E-state index contributed by atoms with van der Waals surface area (Å²) < 4.78 is 81.7. The molecule has 13 rings (SSSR count). The highest BCUT2D eigenvalue weighted by Crippen LogP contribution is 2.43. The first-order valence-corrected chi connectivity index (χ1v) is 47.6. The summed E-state index contributed by atoms with van der Waals surface area (Å²) in [5.41, 5.74) is 20.1. The topological polar surface area (TPSA) is 472 Å². The number of benzene rings is 2. The van der Waals surface area contributed by atoms with E-state index < -0.39 is 93.7 Å². The highest BCUT2D eigenvalue weighted by Gasteiger charge is 2.53. The summed E-state index contributed by atoms with van der Waals surface area (Å²) in [6, 6.07) is 12.0. The van der Waals surface area contributed by atoms with Gasteiger partial charge in [0.15, 0.2) is 17.0 Å². The maximum absolute atomic E-state index is 15.0. The molecule has 38 heteroatoms. The number of cyclic esters (lactones) is 1. The first kappa shape index (κ1) is 98.7. The van der Waals surface area contributed by atoms with Crippen LogP contribution < -0.4 is 21.7 Å². The van der Waals surface area contributed by atoms with Crippen molar-refractivity contribution in [2.45, 2.75) is 219 Å². The van der Waals surface area contributed by atoms with Gasteiger partial charge in [0, 0.05) is 146 Å². The van der Waals surface area contributed by atoms with Crippen LogP contribution in [-0.2, 0) is 91.5 Å². The van der Waals surface area contributed by atoms with Crippen LogP contribution in [0.4, 0.5) is 17.8 Å². The van der Waals surface area contributed by atoms with Crippen molar-refractivity contribution in [2.24, 2.45) is 35.5 Å². The Hall–Kier alpha value is -10.8. The quantitative estimate of drug-likeness (QED) is 0.0126. The minimum absolute atomic E-state index is 0.0112. The lowest BCUT2D eigenvalue weighted by Gasteiger charge is -2.42. The Bertz CT molecular complexity index is 5530. The second-order valence-electron chi connectivity index (χ2n) is 35.7. The van der Waals surface area contributed by atoms with Gasteiger partial charge in [-0.1, -0.05) is 99.7 Å². The number of unbranched alkanes of at least 4 members (excludes halogenated alkanes) is 1. The monoisotopic (exact) mass is 1840 g/mol. The number of piperidine rings is 1. The van der Waals surface area contributed by atoms with Crippen molar-refractivity contribution in [1.29, 1.82) is 0 Å². The number of amides is 2. The number of aliphatic hydroxyl groups is 2. The van der Waals surface area contributed by atoms with Crippen molar-refractivity contribution >= 4 is 85.1 Å². The lowest BCUT2D eigenvalue weighted by Crippen LogP contribution is -2.61. The van der Waals surface area contributed by atoms with Crippen LogP contribution in [-0.4, -0.2) is 269 Å². The highest BCUT2D eigenvalue weighted by molar-refractivity contribution is 7.89. The number of piperazine rings is 1. The van der Waals surface area contributed by atoms with E-state index in [-0.39, 0.29) is 112 Å². The van der Waals surface area contributed by atoms with Crippen LogP contribution in [0.5, 0.6) is 0 Å². The minimum Gasteiger partial charge on any atom is -0.460 e. The van der Waals surface area contributed by atoms with Gasteiger partial charge in [-0.25, -0.2) is 47.2 Å². The number of nitrogens with one attached hydrogen (secondary N) is 1. The maximum atomic E-state index is 15.0. The van der Waals surface area contributed by atoms with Crippen LogP contribution >= 0.6 is 0 Å². The van der Waals surface area contributed by atoms with E-state index in [1.165, 1.54) is 22.6 Å². The Morgan fingerprint density at radius 2 is 1.56 bits per heavy atom. The average Bonchev–Trinajstić information content (AvgIpc) is 1.53. The van der Waals surface area contributed by atoms with E-state index in [2.05, 4.69) is 40.9 Å². The number of oxazole rings is 1. The Kier molecular flexibility index (Phi) is 34.2. The SMILES string of the molecule is CO[C@H]1C[C@@H]2CC[C@@H](C)[C@@](O)(O2)C(=O)C(=O)N2CCCC[C@H]2C(=O)O[C@H]([C@H](C)C[C@@H]2CC[C@H](n3nncc3-c3cccc(-c4cnc(N5CCN(S(=O)(=O)CCc6cn(CCOCCOCCC(=O)NCCCCn7nc(-c8ccc9oc(N)nc9c8)c8c(N)ncnc87)nn6)CC5)nc4)c3)[C@H](OC)C2)CC(=O)[C@H](C)/C=C(\C)[C@@H](O)[C@@H](OC)C(=O)[C@H](C)C[C@H](C)/C=C/C=C/C=C/1C. The zero-order valence-corrected chi connectivity index (χ0v) is 77.9. The molecule has 1 saturated carbocycles. The fourth-order valence-corrected chi connectivity index (χ4v) is 19.9. The molecule has 0 unspecified atom stereocenters. The number of ether oxygens (including phenoxy) is 7. The fraction of sp³-hybridized carbons (Fsp3) is 0.574. The van der Waals surface area contributed by atoms with E-state index in [1.54, 1.807) is 81.3 Å². The summed E-state index contributed by atoms with van der Waals surface area (Å²) in [4.78, 5) is 111. The molecule has 2 amide bonds. The number of aryl methyl sites for hydroxylation is 2. The van der Waals surface area contributed by atoms with Crippen molar-refractivity contribution in [3.05, 3.63) is 127 Å². The van der Waals surface area contributed by atoms with Gasteiger partial charge in [0.1, 0.15) is 53.5 Å². The molecule has 37 nitrogen and oxygen atoms in total. The first-order valence-electron chi connectivity index (χ1n) is 46.0. The van der Waals surface area contributed by atoms with E-state index in [1.807, 2.05) is 104 Å². The molecule has 712 valence electrons. The largest absolute Gasteiger partial charge is 0.460 e. The third kappa shape index (κ3) is 24.6. The number of hydrogen-bond acceptors (Lipinski definition) is 31. The molecule has 7 N–H and O–H groups in total. The predicted octanol–water partition coefficient (Wildman–Crippen LogP) is 9.19. The smallest absolute Gasteiger partial charge is 0.329 e. The van der Waals surface area contributed by atoms with Gasteiger partial charge in [-0.05, 0) is 150 Å². The lowest BCUT2D eigenvalue weighted by atomic mass is 9.77. The first-order chi connectivity index (χ1) is 63.5. The zero-order chi connectivity index (χ0) is 93.9. The highest BCUT2D eigenvalue weighted by atomic mass is 32.2. The van der Waals surface area contributed by atoms with Gasteiger partial charge in [0.05, 0.1) is 86.0 Å². The van der Waals surface area contributed by atoms with E-state index in [9.17, 15) is 47.4 Å². The van der Waals surface area contributed by atoms with Crippen molar-refractivity contribution in [3.8, 4) is 33.6 Å². The number of methoxy groups -OCH3 is 3. The number of aliphatic hydroxyl groups excluding tert-OH is 1. The molecule has 4 aliphatic heterocycles. The molecule has 3 saturated heterocycles. The second kappa shape index (κ2) is 45.7. The summed E-state index contributed by atoms with van der Waals surface area (Å²) in [5, 5.41) is 49.9. The van der Waals surface area contributed by atoms with Gasteiger partial charge in [0.2, 0.25) is 27.7 Å². The molecular weight excluding hydrogens is 1720 g/mol. The minimum atomic E-state index is -3.65. The predicted molar refractivity (Wildman–Crippen MR) is 492 cm³/mol. The molecule has 1 aliphatic carbocycles. The Balaban J connectivity index is 0.561. The summed E-state index contributed by atoms with van der Waals surface area (Å²) in [5.74, 6) is -8.09. The molecule has 2 aromatic carbocycles. The number of nitrogens with two attached hydrogens (primary N) is 2. The normalized spacial score (nSPS) is 26.9. The number of aromatic nitrogens is 13. The number of anilines is 3. The second-order valence-corrected chi connectivity index (χ2v) is 37.8. The van der Waals surface area contributed by atoms with Crippen LogP contribution in [0.2, 0.25) is 0 Å². The maximum Gasteiger partial charge on any atom is 0.329 e. The van der Waals surface area contributed by atoms with E-state index in [0.717, 1.165) is 33.5 Å². The molecule has 4 fully saturated rings. The molecule has 132 heavy (non-hydrogen) atoms. The number of ketones is 3. The lowest BCUT2D eigenvalue weighted by molar-refractivity contribution is -0.265. The van der Waals surface area contributed by atoms with Gasteiger partial charge < -0.3 is 74.4 Å². The van der Waals surface area contributed by atoms with E-state index >= 15 is 0 Å². The zero-order valence-electron chi connectivity index (χ0n) is 77.1. The fourth-order valence-electron chi connectivity index (χ4n) is 18.5. The number of esters is 1. The van der Waals surface area contributed by atoms with E-state index in [0.29, 0.717) is 174 Å². The number of fused-ring (bicyclic) bond motifs is 5. The molecule has 10 heterocycles. The van der Waals surface area contributed by atoms with Gasteiger partial charge in [-0.15, -0.1) is 10.2 Å². The van der Waals surface area contributed by atoms with Crippen LogP contribution in [0, 0.1) is 35.5 Å². The Morgan fingerprint density at radius 1 is 0.780 bits per heavy atom. The summed E-state index contributed by atoms with van der Waals surface area (Å²) in [6.45, 7) is 16.5. The summed E-state index contributed by atoms with van der Waals surface area (Å²) in [6.07, 6.45) is 21.2. The number of nitrogen functional groups attached to an aromatic ring is 2. The summed E-state index contributed by atoms with van der Waals surface area (Å²) >= 11 is 0. The standard InChI is InChI=1S/C94H127N19O18S/c1-58-19-12-11-13-20-59(2)78(124-8)51-71-27-24-64(7)94(121,131-71)87(118)90(119)111-33-16-14-23-74(111)91(120)129-79(52-76(114)60(3)46-63(6)85(117)86(126-10)84(116)62(5)45-58)61(4)47-65-25-28-73(80(48-65)125-9)113-75(55-102-106-113)67-22-18-21-66(49-67)69-53-98-93(99-54-69)108-35-37-110(38-36-108)132(122,123)44-31-70-56-109(107-104-70)39-41-128-43-42-127-40-30-81(115)97-32-15-17-34-112-89-82(88(95)100-57-101-89)83(105-112)68-26-29-77-72(50-68)103-92(96)130-77/h11-13,18-22,26,29,46,49-50,53-58,60-62,64-65,71,73-74,78-80,85-86,117,121H,14-17,23-25,27-28,30-45,47-48,51-52H2,1-10H3,(H2,96,103)(H,97,115)(H2,95,100,101)/b13-11+,19-12+,59-20+,63-46+/t58-,60-,61-,62-,64-,65+,71+,73+,74+,78+,79+,80-,85-,86+,94-/m1/s1. The van der Waals surface area contributed by atoms with Crippen LogP contribution in [0.15, 0.2) is 126 Å². The number of carbonyl (C=O) groups excluding carboxylic acids is 6. The number of hydrogen-bond donors (Lipinski definition) is 5. The molecule has 0 radical (unpaired) electrons. The van der Waals surface area contributed by atoms with Crippen molar-refractivity contribution in [3.63, 3.8) is 0 Å². The number of Topliss-reactive ketones (excluding diaryl/α,β-unsaturated/α-hetero) is 3. The van der Waals surface area contributed by atoms with Gasteiger partial charge in [-0.2, -0.15) is 14.4 Å². The Labute approximate surface area is 769 Å². The molecule has 5 aliphatic rings. The van der Waals surface area contributed by atoms with Gasteiger partial charge >= 0.3 is 5.97 Å². The number of allylic oxidation sites excluding steroid dienone is 6. The number of nitrogens with zero attached hydrogens (tertiary/aromatic N) is 16. The molecule has 2 bridgehead atoms. The number of carbonyl (C=O) groups is 6. The summed E-state index contributed by atoms with van der Waals surface area (Å²) in [7, 11) is 0.962. The van der Waals surface area contributed by atoms with Crippen molar-refractivity contribution < 1.29 is 85.0 Å². The van der Waals surface area contributed by atoms with Gasteiger partial charge in [0.25, 0.3) is 17.7 Å². The third-order valence-electron chi connectivity index (χ3n) is 26.3. The van der Waals surface area contributed by atoms with Gasteiger partial charge in [-0.3, -0.25) is 24.0 Å². The molecule has 6 aromatic heterocycles. The van der Waals surface area contributed by atoms with Crippen LogP contribution in [0.25, 0.3) is 55.8 Å². The molecule has 8 aromatic rings. The van der Waals surface area contributed by atoms with Crippen LogP contribution in [0.3, 0.4) is 0 Å². The molecule has 0 spiro atoms. The third-order valence-corrected chi connectivity index (χ3v) is 28.2. The van der Waals surface area contributed by atoms with Crippen molar-refractivity contribution in [2.75, 3.05) is 109 Å². The molecule has 15 atom stereocenters. The van der Waals surface area contributed by atoms with E-state index in [4.69, 9.17) is 64.1 Å². The molecular formula is C94H127N19O18S. The van der Waals surface area contributed by atoms with Crippen molar-refractivity contribution in [1.82, 2.24) is 79.2 Å².